The molecule has 0 aliphatic rings. The van der Waals surface area contributed by atoms with Crippen LogP contribution in [0.1, 0.15) is 17.7 Å². The molecule has 1 aromatic carbocycles. The third-order valence-corrected chi connectivity index (χ3v) is 3.47. The molecule has 0 aliphatic heterocycles. The summed E-state index contributed by atoms with van der Waals surface area (Å²) in [4.78, 5) is 7.94. The molecule has 0 radical (unpaired) electrons. The van der Waals surface area contributed by atoms with Gasteiger partial charge in [0.25, 0.3) is 0 Å². The van der Waals surface area contributed by atoms with Crippen molar-refractivity contribution in [2.24, 2.45) is 0 Å². The maximum atomic E-state index is 6.09. The molecule has 5 heteroatoms. The van der Waals surface area contributed by atoms with Crippen LogP contribution in [0.5, 0.6) is 0 Å². The van der Waals surface area contributed by atoms with Gasteiger partial charge < -0.3 is 0 Å². The lowest BCUT2D eigenvalue weighted by atomic mass is 10.1. The minimum absolute atomic E-state index is 0.229. The molecule has 0 atom stereocenters. The van der Waals surface area contributed by atoms with Crippen molar-refractivity contribution in [2.45, 2.75) is 19.3 Å². The minimum atomic E-state index is 0.229. The molecule has 0 aliphatic carbocycles. The van der Waals surface area contributed by atoms with E-state index >= 15 is 0 Å². The molecule has 1 aromatic heterocycles. The highest BCUT2D eigenvalue weighted by Crippen LogP contribution is 2.20. The first-order valence-corrected chi connectivity index (χ1v) is 6.70. The minimum Gasteiger partial charge on any atom is -0.225 e. The van der Waals surface area contributed by atoms with Gasteiger partial charge in [0.15, 0.2) is 0 Å². The molecule has 0 fully saturated rings. The van der Waals surface area contributed by atoms with E-state index in [0.717, 1.165) is 35.5 Å². The summed E-state index contributed by atoms with van der Waals surface area (Å²) in [6.45, 7) is 0. The maximum absolute atomic E-state index is 6.09. The average molecular weight is 302 g/mol. The van der Waals surface area contributed by atoms with Crippen LogP contribution in [0.4, 0.5) is 0 Å². The van der Waals surface area contributed by atoms with Gasteiger partial charge >= 0.3 is 0 Å². The lowest BCUT2D eigenvalue weighted by molar-refractivity contribution is 0.795. The predicted octanol–water partition coefficient (Wildman–Crippen LogP) is 4.61. The summed E-state index contributed by atoms with van der Waals surface area (Å²) < 4.78 is 0. The topological polar surface area (TPSA) is 25.8 Å². The standard InChI is InChI=1S/C13H11Cl3N2/c14-10-6-2-1-4-9(10)5-3-7-12-11(15)8-17-13(16)18-12/h1-2,4,6,8H,3,5,7H2. The Morgan fingerprint density at radius 2 is 1.72 bits per heavy atom. The fourth-order valence-electron chi connectivity index (χ4n) is 1.70. The van der Waals surface area contributed by atoms with E-state index in [1.165, 1.54) is 6.20 Å². The highest BCUT2D eigenvalue weighted by molar-refractivity contribution is 6.32. The molecule has 0 spiro atoms. The molecule has 0 bridgehead atoms. The van der Waals surface area contributed by atoms with Crippen LogP contribution in [-0.2, 0) is 12.8 Å². The first-order valence-electron chi connectivity index (χ1n) is 5.57. The average Bonchev–Trinajstić information content (AvgIpc) is 2.36. The molecule has 0 N–H and O–H groups in total. The number of benzene rings is 1. The van der Waals surface area contributed by atoms with Gasteiger partial charge in [0.1, 0.15) is 0 Å². The normalized spacial score (nSPS) is 10.6. The highest BCUT2D eigenvalue weighted by atomic mass is 35.5. The second-order valence-electron chi connectivity index (χ2n) is 3.88. The van der Waals surface area contributed by atoms with Crippen LogP contribution in [0, 0.1) is 0 Å². The van der Waals surface area contributed by atoms with E-state index in [4.69, 9.17) is 34.8 Å². The molecule has 18 heavy (non-hydrogen) atoms. The van der Waals surface area contributed by atoms with E-state index in [1.807, 2.05) is 24.3 Å². The predicted molar refractivity (Wildman–Crippen MR) is 75.5 cm³/mol. The number of rotatable bonds is 4. The molecule has 0 amide bonds. The Labute approximate surface area is 121 Å². The number of hydrogen-bond acceptors (Lipinski definition) is 2. The van der Waals surface area contributed by atoms with E-state index in [-0.39, 0.29) is 5.28 Å². The number of hydrogen-bond donors (Lipinski definition) is 0. The molecule has 0 saturated carbocycles. The first kappa shape index (κ1) is 13.6. The smallest absolute Gasteiger partial charge is 0.222 e. The Morgan fingerprint density at radius 1 is 0.944 bits per heavy atom. The summed E-state index contributed by atoms with van der Waals surface area (Å²) in [6, 6.07) is 7.82. The Morgan fingerprint density at radius 3 is 2.50 bits per heavy atom. The Balaban J connectivity index is 1.96. The third kappa shape index (κ3) is 3.58. The van der Waals surface area contributed by atoms with Gasteiger partial charge in [-0.25, -0.2) is 9.97 Å². The summed E-state index contributed by atoms with van der Waals surface area (Å²) in [5.74, 6) is 0. The molecular formula is C13H11Cl3N2. The summed E-state index contributed by atoms with van der Waals surface area (Å²) in [5, 5.41) is 1.58. The van der Waals surface area contributed by atoms with Crippen molar-refractivity contribution in [1.29, 1.82) is 0 Å². The van der Waals surface area contributed by atoms with Crippen LogP contribution in [-0.4, -0.2) is 9.97 Å². The lowest BCUT2D eigenvalue weighted by Crippen LogP contribution is -1.96. The molecular weight excluding hydrogens is 291 g/mol. The number of aryl methyl sites for hydroxylation is 2. The Kier molecular flexibility index (Phi) is 4.81. The summed E-state index contributed by atoms with van der Waals surface area (Å²) >= 11 is 17.8. The van der Waals surface area contributed by atoms with Crippen LogP contribution in [0.3, 0.4) is 0 Å². The van der Waals surface area contributed by atoms with Gasteiger partial charge in [0.05, 0.1) is 16.9 Å². The van der Waals surface area contributed by atoms with Crippen molar-refractivity contribution < 1.29 is 0 Å². The Bertz CT molecular complexity index is 544. The van der Waals surface area contributed by atoms with Gasteiger partial charge in [-0.1, -0.05) is 41.4 Å². The van der Waals surface area contributed by atoms with E-state index in [0.29, 0.717) is 5.02 Å². The van der Waals surface area contributed by atoms with Crippen molar-refractivity contribution >= 4 is 34.8 Å². The second kappa shape index (κ2) is 6.37. The van der Waals surface area contributed by atoms with Gasteiger partial charge in [-0.2, -0.15) is 0 Å². The van der Waals surface area contributed by atoms with E-state index in [1.54, 1.807) is 0 Å². The molecule has 0 unspecified atom stereocenters. The number of halogens is 3. The second-order valence-corrected chi connectivity index (χ2v) is 5.03. The molecule has 2 rings (SSSR count). The van der Waals surface area contributed by atoms with E-state index < -0.39 is 0 Å². The summed E-state index contributed by atoms with van der Waals surface area (Å²) in [7, 11) is 0. The summed E-state index contributed by atoms with van der Waals surface area (Å²) in [5.41, 5.74) is 1.92. The van der Waals surface area contributed by atoms with Gasteiger partial charge in [0, 0.05) is 5.02 Å². The summed E-state index contributed by atoms with van der Waals surface area (Å²) in [6.07, 6.45) is 4.09. The zero-order chi connectivity index (χ0) is 13.0. The fourth-order valence-corrected chi connectivity index (χ4v) is 2.27. The molecule has 94 valence electrons. The molecule has 1 heterocycles. The fraction of sp³-hybridized carbons (Fsp3) is 0.231. The Hall–Kier alpha value is -0.830. The lowest BCUT2D eigenvalue weighted by Gasteiger charge is -2.05. The van der Waals surface area contributed by atoms with Crippen LogP contribution >= 0.6 is 34.8 Å². The molecule has 2 nitrogen and oxygen atoms in total. The monoisotopic (exact) mass is 300 g/mol. The van der Waals surface area contributed by atoms with Crippen LogP contribution in [0.15, 0.2) is 30.5 Å². The van der Waals surface area contributed by atoms with Crippen molar-refractivity contribution in [2.75, 3.05) is 0 Å². The van der Waals surface area contributed by atoms with Crippen LogP contribution < -0.4 is 0 Å². The number of aromatic nitrogens is 2. The van der Waals surface area contributed by atoms with Crippen molar-refractivity contribution in [3.8, 4) is 0 Å². The molecule has 2 aromatic rings. The van der Waals surface area contributed by atoms with Crippen molar-refractivity contribution in [1.82, 2.24) is 9.97 Å². The largest absolute Gasteiger partial charge is 0.225 e. The number of nitrogens with zero attached hydrogens (tertiary/aromatic N) is 2. The zero-order valence-electron chi connectivity index (χ0n) is 9.54. The van der Waals surface area contributed by atoms with Crippen LogP contribution in [0.2, 0.25) is 15.3 Å². The SMILES string of the molecule is Clc1ncc(Cl)c(CCCc2ccccc2Cl)n1. The van der Waals surface area contributed by atoms with Crippen molar-refractivity contribution in [3.63, 3.8) is 0 Å². The third-order valence-electron chi connectivity index (χ3n) is 2.60. The zero-order valence-corrected chi connectivity index (χ0v) is 11.8. The highest BCUT2D eigenvalue weighted by Gasteiger charge is 2.05. The van der Waals surface area contributed by atoms with Gasteiger partial charge in [-0.3, -0.25) is 0 Å². The quantitative estimate of drug-likeness (QED) is 0.771. The molecule has 0 saturated heterocycles. The maximum Gasteiger partial charge on any atom is 0.222 e. The van der Waals surface area contributed by atoms with Crippen molar-refractivity contribution in [3.05, 3.63) is 57.0 Å². The van der Waals surface area contributed by atoms with Crippen LogP contribution in [0.25, 0.3) is 0 Å². The van der Waals surface area contributed by atoms with E-state index in [2.05, 4.69) is 9.97 Å². The van der Waals surface area contributed by atoms with Gasteiger partial charge in [0.2, 0.25) is 5.28 Å². The van der Waals surface area contributed by atoms with Gasteiger partial charge in [-0.05, 0) is 42.5 Å². The first-order chi connectivity index (χ1) is 8.66. The van der Waals surface area contributed by atoms with E-state index in [9.17, 15) is 0 Å². The van der Waals surface area contributed by atoms with Gasteiger partial charge in [-0.15, -0.1) is 0 Å².